The van der Waals surface area contributed by atoms with Crippen LogP contribution in [0, 0.1) is 0 Å². The minimum atomic E-state index is -3.99. The maximum atomic E-state index is 14.1. The Kier molecular flexibility index (Phi) is 9.01. The largest absolute Gasteiger partial charge is 0.497 e. The highest BCUT2D eigenvalue weighted by atomic mass is 32.2. The van der Waals surface area contributed by atoms with Crippen molar-refractivity contribution < 1.29 is 22.6 Å². The van der Waals surface area contributed by atoms with Crippen LogP contribution in [0.25, 0.3) is 16.6 Å². The molecule has 1 unspecified atom stereocenters. The molecule has 0 bridgehead atoms. The van der Waals surface area contributed by atoms with E-state index in [1.165, 1.54) is 28.1 Å². The van der Waals surface area contributed by atoms with Gasteiger partial charge in [0.05, 0.1) is 41.7 Å². The van der Waals surface area contributed by atoms with Crippen LogP contribution in [0.5, 0.6) is 11.5 Å². The van der Waals surface area contributed by atoms with Crippen LogP contribution in [0.1, 0.15) is 31.6 Å². The van der Waals surface area contributed by atoms with Gasteiger partial charge in [0.1, 0.15) is 17.3 Å². The molecule has 1 aromatic heterocycles. The predicted molar refractivity (Wildman–Crippen MR) is 150 cm³/mol. The molecule has 3 aromatic carbocycles. The highest BCUT2D eigenvalue weighted by molar-refractivity contribution is 7.89. The van der Waals surface area contributed by atoms with E-state index in [0.717, 1.165) is 0 Å². The molecule has 0 saturated heterocycles. The molecular weight excluding hydrogens is 518 g/mol. The number of aromatic nitrogens is 2. The van der Waals surface area contributed by atoms with E-state index in [-0.39, 0.29) is 17.0 Å². The lowest BCUT2D eigenvalue weighted by atomic mass is 10.1. The lowest BCUT2D eigenvalue weighted by Crippen LogP contribution is -2.39. The molecule has 0 fully saturated rings. The standard InChI is InChI=1S/C29H33N3O6S/c1-5-27(31(19-8-20-36-2)39(34,35)24-17-15-23(38-4)16-18-24)28-30-26-10-7-6-9-25(26)29(33)32(28)21-11-13-22(37-3)14-12-21/h6-7,9-18,27H,5,8,19-20H2,1-4H3. The molecule has 39 heavy (non-hydrogen) atoms. The third-order valence-electron chi connectivity index (χ3n) is 6.56. The van der Waals surface area contributed by atoms with Crippen molar-refractivity contribution in [2.75, 3.05) is 34.5 Å². The molecule has 0 aliphatic rings. The summed E-state index contributed by atoms with van der Waals surface area (Å²) in [6.45, 7) is 2.44. The number of methoxy groups -OCH3 is 3. The molecule has 0 saturated carbocycles. The van der Waals surface area contributed by atoms with Crippen molar-refractivity contribution >= 4 is 20.9 Å². The lowest BCUT2D eigenvalue weighted by molar-refractivity contribution is 0.179. The molecular formula is C29H33N3O6S. The second-order valence-corrected chi connectivity index (χ2v) is 10.8. The Labute approximate surface area is 228 Å². The third kappa shape index (κ3) is 5.83. The van der Waals surface area contributed by atoms with Crippen LogP contribution in [-0.2, 0) is 14.8 Å². The summed E-state index contributed by atoms with van der Waals surface area (Å²) in [5.74, 6) is 1.52. The Morgan fingerprint density at radius 3 is 2.10 bits per heavy atom. The molecule has 4 rings (SSSR count). The Morgan fingerprint density at radius 2 is 1.51 bits per heavy atom. The number of ether oxygens (including phenoxy) is 3. The van der Waals surface area contributed by atoms with Gasteiger partial charge in [0.15, 0.2) is 0 Å². The summed E-state index contributed by atoms with van der Waals surface area (Å²) < 4.78 is 46.8. The fourth-order valence-corrected chi connectivity index (χ4v) is 6.26. The maximum absolute atomic E-state index is 14.1. The molecule has 1 heterocycles. The fraction of sp³-hybridized carbons (Fsp3) is 0.310. The van der Waals surface area contributed by atoms with Crippen molar-refractivity contribution in [3.63, 3.8) is 0 Å². The van der Waals surface area contributed by atoms with Gasteiger partial charge in [-0.15, -0.1) is 0 Å². The average Bonchev–Trinajstić information content (AvgIpc) is 2.97. The van der Waals surface area contributed by atoms with Gasteiger partial charge in [-0.3, -0.25) is 9.36 Å². The number of nitrogens with zero attached hydrogens (tertiary/aromatic N) is 3. The molecule has 206 valence electrons. The van der Waals surface area contributed by atoms with Gasteiger partial charge >= 0.3 is 0 Å². The van der Waals surface area contributed by atoms with Gasteiger partial charge in [-0.05, 0) is 73.5 Å². The summed E-state index contributed by atoms with van der Waals surface area (Å²) in [7, 11) is 0.674. The van der Waals surface area contributed by atoms with Crippen molar-refractivity contribution in [1.29, 1.82) is 0 Å². The zero-order valence-corrected chi connectivity index (χ0v) is 23.3. The fourth-order valence-electron chi connectivity index (χ4n) is 4.56. The monoisotopic (exact) mass is 551 g/mol. The third-order valence-corrected chi connectivity index (χ3v) is 8.48. The summed E-state index contributed by atoms with van der Waals surface area (Å²) in [5.41, 5.74) is 0.781. The summed E-state index contributed by atoms with van der Waals surface area (Å²) in [6, 6.07) is 19.6. The second kappa shape index (κ2) is 12.4. The average molecular weight is 552 g/mol. The van der Waals surface area contributed by atoms with Crippen molar-refractivity contribution in [2.24, 2.45) is 0 Å². The summed E-state index contributed by atoms with van der Waals surface area (Å²) in [4.78, 5) is 18.9. The maximum Gasteiger partial charge on any atom is 0.266 e. The van der Waals surface area contributed by atoms with Crippen LogP contribution in [0.15, 0.2) is 82.5 Å². The van der Waals surface area contributed by atoms with Crippen LogP contribution in [0.2, 0.25) is 0 Å². The lowest BCUT2D eigenvalue weighted by Gasteiger charge is -2.31. The number of sulfonamides is 1. The van der Waals surface area contributed by atoms with E-state index in [1.54, 1.807) is 68.8 Å². The normalized spacial score (nSPS) is 12.5. The summed E-state index contributed by atoms with van der Waals surface area (Å²) in [6.07, 6.45) is 0.839. The van der Waals surface area contributed by atoms with Gasteiger partial charge in [0.2, 0.25) is 10.0 Å². The van der Waals surface area contributed by atoms with Gasteiger partial charge in [-0.2, -0.15) is 4.31 Å². The summed E-state index contributed by atoms with van der Waals surface area (Å²) in [5, 5.41) is 0.441. The topological polar surface area (TPSA) is 100.0 Å². The van der Waals surface area contributed by atoms with Crippen LogP contribution in [0.4, 0.5) is 0 Å². The van der Waals surface area contributed by atoms with Crippen LogP contribution < -0.4 is 15.0 Å². The quantitative estimate of drug-likeness (QED) is 0.238. The molecule has 1 atom stereocenters. The van der Waals surface area contributed by atoms with Crippen molar-refractivity contribution in [3.05, 3.63) is 89.0 Å². The summed E-state index contributed by atoms with van der Waals surface area (Å²) >= 11 is 0. The first-order valence-electron chi connectivity index (χ1n) is 12.7. The van der Waals surface area contributed by atoms with Gasteiger partial charge in [0, 0.05) is 20.3 Å². The number of para-hydroxylation sites is 1. The van der Waals surface area contributed by atoms with E-state index in [2.05, 4.69) is 0 Å². The predicted octanol–water partition coefficient (Wildman–Crippen LogP) is 4.58. The van der Waals surface area contributed by atoms with Gasteiger partial charge in [0.25, 0.3) is 5.56 Å². The molecule has 0 aliphatic heterocycles. The smallest absolute Gasteiger partial charge is 0.266 e. The van der Waals surface area contributed by atoms with Gasteiger partial charge in [-0.25, -0.2) is 13.4 Å². The Morgan fingerprint density at radius 1 is 0.897 bits per heavy atom. The number of hydrogen-bond donors (Lipinski definition) is 0. The van der Waals surface area contributed by atoms with Crippen LogP contribution >= 0.6 is 0 Å². The highest BCUT2D eigenvalue weighted by Gasteiger charge is 2.34. The van der Waals surface area contributed by atoms with Crippen LogP contribution in [-0.4, -0.2) is 56.8 Å². The van der Waals surface area contributed by atoms with Gasteiger partial charge in [-0.1, -0.05) is 19.1 Å². The first-order chi connectivity index (χ1) is 18.8. The molecule has 0 radical (unpaired) electrons. The Hall–Kier alpha value is -3.73. The van der Waals surface area contributed by atoms with Crippen LogP contribution in [0.3, 0.4) is 0 Å². The molecule has 9 nitrogen and oxygen atoms in total. The molecule has 0 spiro atoms. The van der Waals surface area contributed by atoms with E-state index in [4.69, 9.17) is 19.2 Å². The minimum Gasteiger partial charge on any atom is -0.497 e. The molecule has 4 aromatic rings. The van der Waals surface area contributed by atoms with Crippen molar-refractivity contribution in [3.8, 4) is 17.2 Å². The number of benzene rings is 3. The zero-order chi connectivity index (χ0) is 28.0. The molecule has 0 amide bonds. The van der Waals surface area contributed by atoms with E-state index >= 15 is 0 Å². The van der Waals surface area contributed by atoms with E-state index in [0.29, 0.717) is 53.4 Å². The first-order valence-corrected chi connectivity index (χ1v) is 14.1. The molecule has 10 heteroatoms. The Bertz CT molecular complexity index is 1570. The first kappa shape index (κ1) is 28.3. The minimum absolute atomic E-state index is 0.123. The highest BCUT2D eigenvalue weighted by Crippen LogP contribution is 2.32. The second-order valence-electron chi connectivity index (χ2n) is 8.89. The van der Waals surface area contributed by atoms with E-state index in [1.807, 2.05) is 13.0 Å². The van der Waals surface area contributed by atoms with E-state index in [9.17, 15) is 13.2 Å². The van der Waals surface area contributed by atoms with Crippen molar-refractivity contribution in [2.45, 2.75) is 30.7 Å². The Balaban J connectivity index is 1.94. The molecule has 0 N–H and O–H groups in total. The SMILES string of the molecule is CCC(c1nc2ccccc2c(=O)n1-c1ccc(OC)cc1)N(CCCOC)S(=O)(=O)c1ccc(OC)cc1. The number of rotatable bonds is 12. The number of hydrogen-bond acceptors (Lipinski definition) is 7. The molecule has 0 aliphatic carbocycles. The zero-order valence-electron chi connectivity index (χ0n) is 22.5. The number of fused-ring (bicyclic) bond motifs is 1. The van der Waals surface area contributed by atoms with Crippen molar-refractivity contribution in [1.82, 2.24) is 13.9 Å². The van der Waals surface area contributed by atoms with Gasteiger partial charge < -0.3 is 14.2 Å². The van der Waals surface area contributed by atoms with E-state index < -0.39 is 16.1 Å².